The molecule has 1 aliphatic heterocycles. The van der Waals surface area contributed by atoms with E-state index < -0.39 is 0 Å². The second-order valence-corrected chi connectivity index (χ2v) is 4.60. The quantitative estimate of drug-likeness (QED) is 0.763. The largest absolute Gasteiger partial charge is 0.375 e. The molecule has 1 N–H and O–H groups in total. The van der Waals surface area contributed by atoms with Crippen molar-refractivity contribution in [2.24, 2.45) is 5.92 Å². The van der Waals surface area contributed by atoms with Gasteiger partial charge in [0.15, 0.2) is 0 Å². The second kappa shape index (κ2) is 7.35. The maximum absolute atomic E-state index is 5.59. The van der Waals surface area contributed by atoms with E-state index in [1.165, 1.54) is 32.4 Å². The summed E-state index contributed by atoms with van der Waals surface area (Å²) in [6.45, 7) is 3.79. The molecule has 1 aromatic rings. The first-order chi connectivity index (χ1) is 8.45. The minimum Gasteiger partial charge on any atom is -0.375 e. The Hall–Kier alpha value is -1.00. The normalized spacial score (nSPS) is 20.4. The van der Waals surface area contributed by atoms with Crippen molar-refractivity contribution in [3.63, 3.8) is 0 Å². The Bertz CT molecular complexity index is 299. The SMILES string of the molecule is c1cnc(COCCC[C@H]2CCCNC2)cn1. The minimum atomic E-state index is 0.580. The first-order valence-electron chi connectivity index (χ1n) is 6.48. The molecule has 0 aliphatic carbocycles. The Morgan fingerprint density at radius 2 is 2.41 bits per heavy atom. The summed E-state index contributed by atoms with van der Waals surface area (Å²) in [5.41, 5.74) is 0.909. The van der Waals surface area contributed by atoms with Crippen LogP contribution in [0.4, 0.5) is 0 Å². The average Bonchev–Trinajstić information content (AvgIpc) is 2.41. The molecular weight excluding hydrogens is 214 g/mol. The summed E-state index contributed by atoms with van der Waals surface area (Å²) in [5.74, 6) is 0.851. The molecule has 0 saturated carbocycles. The van der Waals surface area contributed by atoms with Crippen molar-refractivity contribution in [3.05, 3.63) is 24.3 Å². The molecule has 0 unspecified atom stereocenters. The summed E-state index contributed by atoms with van der Waals surface area (Å²) in [4.78, 5) is 8.17. The van der Waals surface area contributed by atoms with Crippen molar-refractivity contribution < 1.29 is 4.74 Å². The summed E-state index contributed by atoms with van der Waals surface area (Å²) in [6.07, 6.45) is 10.2. The van der Waals surface area contributed by atoms with Gasteiger partial charge in [-0.3, -0.25) is 9.97 Å². The Morgan fingerprint density at radius 3 is 3.18 bits per heavy atom. The Labute approximate surface area is 103 Å². The van der Waals surface area contributed by atoms with Gasteiger partial charge in [0.05, 0.1) is 18.5 Å². The van der Waals surface area contributed by atoms with Gasteiger partial charge in [-0.1, -0.05) is 0 Å². The van der Waals surface area contributed by atoms with E-state index in [2.05, 4.69) is 15.3 Å². The predicted octanol–water partition coefficient (Wildman–Crippen LogP) is 1.77. The van der Waals surface area contributed by atoms with Crippen molar-refractivity contribution in [2.75, 3.05) is 19.7 Å². The monoisotopic (exact) mass is 235 g/mol. The van der Waals surface area contributed by atoms with Crippen LogP contribution in [0.15, 0.2) is 18.6 Å². The topological polar surface area (TPSA) is 47.0 Å². The zero-order valence-electron chi connectivity index (χ0n) is 10.3. The fourth-order valence-corrected chi connectivity index (χ4v) is 2.23. The third-order valence-electron chi connectivity index (χ3n) is 3.17. The molecule has 1 atom stereocenters. The lowest BCUT2D eigenvalue weighted by molar-refractivity contribution is 0.110. The summed E-state index contributed by atoms with van der Waals surface area (Å²) < 4.78 is 5.59. The van der Waals surface area contributed by atoms with Crippen LogP contribution in [0.25, 0.3) is 0 Å². The van der Waals surface area contributed by atoms with Gasteiger partial charge in [0.2, 0.25) is 0 Å². The predicted molar refractivity (Wildman–Crippen MR) is 66.5 cm³/mol. The van der Waals surface area contributed by atoms with E-state index in [0.717, 1.165) is 24.6 Å². The van der Waals surface area contributed by atoms with Crippen molar-refractivity contribution in [3.8, 4) is 0 Å². The van der Waals surface area contributed by atoms with Gasteiger partial charge in [0, 0.05) is 19.0 Å². The van der Waals surface area contributed by atoms with E-state index in [1.807, 2.05) is 0 Å². The maximum atomic E-state index is 5.59. The number of piperidine rings is 1. The molecule has 2 heterocycles. The Morgan fingerprint density at radius 1 is 1.41 bits per heavy atom. The highest BCUT2D eigenvalue weighted by Crippen LogP contribution is 2.15. The van der Waals surface area contributed by atoms with Gasteiger partial charge >= 0.3 is 0 Å². The fourth-order valence-electron chi connectivity index (χ4n) is 2.23. The zero-order valence-corrected chi connectivity index (χ0v) is 10.3. The van der Waals surface area contributed by atoms with Crippen LogP contribution >= 0.6 is 0 Å². The smallest absolute Gasteiger partial charge is 0.0903 e. The molecule has 4 heteroatoms. The number of aromatic nitrogens is 2. The molecule has 1 fully saturated rings. The molecule has 0 aromatic carbocycles. The van der Waals surface area contributed by atoms with Gasteiger partial charge in [0.1, 0.15) is 0 Å². The van der Waals surface area contributed by atoms with Crippen LogP contribution < -0.4 is 5.32 Å². The first kappa shape index (κ1) is 12.5. The average molecular weight is 235 g/mol. The van der Waals surface area contributed by atoms with E-state index in [0.29, 0.717) is 6.61 Å². The molecule has 4 nitrogen and oxygen atoms in total. The fraction of sp³-hybridized carbons (Fsp3) is 0.692. The van der Waals surface area contributed by atoms with E-state index >= 15 is 0 Å². The third-order valence-corrected chi connectivity index (χ3v) is 3.17. The highest BCUT2D eigenvalue weighted by Gasteiger charge is 2.11. The van der Waals surface area contributed by atoms with Crippen molar-refractivity contribution in [1.82, 2.24) is 15.3 Å². The Balaban J connectivity index is 1.51. The van der Waals surface area contributed by atoms with Crippen LogP contribution in [0.3, 0.4) is 0 Å². The molecule has 0 amide bonds. The van der Waals surface area contributed by atoms with Crippen LogP contribution in [-0.4, -0.2) is 29.7 Å². The van der Waals surface area contributed by atoms with Crippen LogP contribution in [0, 0.1) is 5.92 Å². The summed E-state index contributed by atoms with van der Waals surface area (Å²) in [5, 5.41) is 3.44. The first-order valence-corrected chi connectivity index (χ1v) is 6.48. The van der Waals surface area contributed by atoms with Gasteiger partial charge in [-0.05, 0) is 44.7 Å². The van der Waals surface area contributed by atoms with E-state index in [1.54, 1.807) is 18.6 Å². The zero-order chi connectivity index (χ0) is 11.8. The molecule has 0 bridgehead atoms. The standard InChI is InChI=1S/C13H21N3O/c1-3-12(9-14-5-1)4-2-8-17-11-13-10-15-6-7-16-13/h6-7,10,12,14H,1-5,8-9,11H2/t12-/m1/s1. The van der Waals surface area contributed by atoms with Crippen molar-refractivity contribution in [2.45, 2.75) is 32.3 Å². The highest BCUT2D eigenvalue weighted by atomic mass is 16.5. The van der Waals surface area contributed by atoms with Crippen molar-refractivity contribution in [1.29, 1.82) is 0 Å². The molecule has 94 valence electrons. The summed E-state index contributed by atoms with van der Waals surface area (Å²) in [7, 11) is 0. The van der Waals surface area contributed by atoms with Gasteiger partial charge < -0.3 is 10.1 Å². The van der Waals surface area contributed by atoms with Crippen LogP contribution in [-0.2, 0) is 11.3 Å². The van der Waals surface area contributed by atoms with Crippen LogP contribution in [0.2, 0.25) is 0 Å². The van der Waals surface area contributed by atoms with Gasteiger partial charge in [0.25, 0.3) is 0 Å². The van der Waals surface area contributed by atoms with Crippen molar-refractivity contribution >= 4 is 0 Å². The number of ether oxygens (including phenoxy) is 1. The minimum absolute atomic E-state index is 0.580. The molecule has 1 aromatic heterocycles. The summed E-state index contributed by atoms with van der Waals surface area (Å²) >= 11 is 0. The van der Waals surface area contributed by atoms with Gasteiger partial charge in [-0.15, -0.1) is 0 Å². The molecule has 1 saturated heterocycles. The van der Waals surface area contributed by atoms with E-state index in [-0.39, 0.29) is 0 Å². The lowest BCUT2D eigenvalue weighted by Crippen LogP contribution is -2.29. The van der Waals surface area contributed by atoms with E-state index in [4.69, 9.17) is 4.74 Å². The molecule has 0 radical (unpaired) electrons. The lowest BCUT2D eigenvalue weighted by atomic mass is 9.95. The number of rotatable bonds is 6. The number of nitrogens with zero attached hydrogens (tertiary/aromatic N) is 2. The molecule has 0 spiro atoms. The molecular formula is C13H21N3O. The summed E-state index contributed by atoms with van der Waals surface area (Å²) in [6, 6.07) is 0. The lowest BCUT2D eigenvalue weighted by Gasteiger charge is -2.22. The van der Waals surface area contributed by atoms with Crippen LogP contribution in [0.5, 0.6) is 0 Å². The Kier molecular flexibility index (Phi) is 5.39. The molecule has 2 rings (SSSR count). The third kappa shape index (κ3) is 4.79. The molecule has 1 aliphatic rings. The number of hydrogen-bond donors (Lipinski definition) is 1. The van der Waals surface area contributed by atoms with Crippen LogP contribution in [0.1, 0.15) is 31.4 Å². The van der Waals surface area contributed by atoms with Gasteiger partial charge in [-0.2, -0.15) is 0 Å². The highest BCUT2D eigenvalue weighted by molar-refractivity contribution is 4.91. The maximum Gasteiger partial charge on any atom is 0.0903 e. The second-order valence-electron chi connectivity index (χ2n) is 4.60. The molecule has 17 heavy (non-hydrogen) atoms. The number of nitrogens with one attached hydrogen (secondary N) is 1. The van der Waals surface area contributed by atoms with E-state index in [9.17, 15) is 0 Å². The van der Waals surface area contributed by atoms with Gasteiger partial charge in [-0.25, -0.2) is 0 Å². The number of hydrogen-bond acceptors (Lipinski definition) is 4.